The Hall–Kier alpha value is -2.33. The summed E-state index contributed by atoms with van der Waals surface area (Å²) < 4.78 is 58.0. The van der Waals surface area contributed by atoms with Crippen molar-refractivity contribution in [1.29, 1.82) is 0 Å². The second kappa shape index (κ2) is 9.94. The van der Waals surface area contributed by atoms with Crippen LogP contribution in [0.1, 0.15) is 41.6 Å². The molecule has 0 bridgehead atoms. The highest BCUT2D eigenvalue weighted by Crippen LogP contribution is 2.61. The Labute approximate surface area is 239 Å². The maximum Gasteiger partial charge on any atom is 0.264 e. The summed E-state index contributed by atoms with van der Waals surface area (Å²) in [5.74, 6) is -0.0981. The van der Waals surface area contributed by atoms with Gasteiger partial charge in [-0.2, -0.15) is 11.8 Å². The number of fused-ring (bicyclic) bond motifs is 2. The molecule has 2 heterocycles. The largest absolute Gasteiger partial charge is 0.319 e. The molecule has 1 unspecified atom stereocenters. The van der Waals surface area contributed by atoms with Crippen molar-refractivity contribution in [2.24, 2.45) is 5.92 Å². The first kappa shape index (κ1) is 26.9. The zero-order valence-corrected chi connectivity index (χ0v) is 23.7. The van der Waals surface area contributed by atoms with Crippen LogP contribution in [0.15, 0.2) is 59.5 Å². The highest BCUT2D eigenvalue weighted by molar-refractivity contribution is 7.99. The molecule has 11 heteroatoms. The van der Waals surface area contributed by atoms with E-state index in [0.29, 0.717) is 24.1 Å². The van der Waals surface area contributed by atoms with E-state index in [2.05, 4.69) is 5.32 Å². The summed E-state index contributed by atoms with van der Waals surface area (Å²) in [6.45, 7) is 0. The summed E-state index contributed by atoms with van der Waals surface area (Å²) in [5.41, 5.74) is 0.556. The van der Waals surface area contributed by atoms with Crippen LogP contribution in [0.25, 0.3) is 0 Å². The first-order valence-electron chi connectivity index (χ1n) is 12.6. The number of carbonyl (C=O) groups is 1. The average Bonchev–Trinajstić information content (AvgIpc) is 3.71. The molecule has 1 spiro atoms. The molecule has 0 radical (unpaired) electrons. The standard InChI is InChI=1S/C28H24Cl2F2N2O3S2/c29-20-2-1-3-21(25(20)32)33-27(35)19-10-11-22-23(24(19)30)28(12-14-38-15-13-28)26(16-4-5-16)34(22)39(36,37)18-8-6-17(31)7-9-18/h1-3,6-11,16,26H,4-5,12-15H2,(H,33,35). The van der Waals surface area contributed by atoms with Gasteiger partial charge in [0.15, 0.2) is 5.82 Å². The summed E-state index contributed by atoms with van der Waals surface area (Å²) in [6.07, 6.45) is 3.19. The molecular weight excluding hydrogens is 585 g/mol. The van der Waals surface area contributed by atoms with Gasteiger partial charge in [0, 0.05) is 11.0 Å². The van der Waals surface area contributed by atoms with Gasteiger partial charge in [0.05, 0.1) is 37.9 Å². The molecule has 1 amide bonds. The van der Waals surface area contributed by atoms with Crippen LogP contribution >= 0.6 is 35.0 Å². The van der Waals surface area contributed by atoms with Gasteiger partial charge in [0.25, 0.3) is 15.9 Å². The normalized spacial score (nSPS) is 20.2. The number of hydrogen-bond donors (Lipinski definition) is 1. The summed E-state index contributed by atoms with van der Waals surface area (Å²) >= 11 is 14.7. The smallest absolute Gasteiger partial charge is 0.264 e. The molecule has 3 aromatic carbocycles. The lowest BCUT2D eigenvalue weighted by Gasteiger charge is -2.42. The fourth-order valence-electron chi connectivity index (χ4n) is 6.05. The van der Waals surface area contributed by atoms with E-state index in [0.717, 1.165) is 36.5 Å². The number of thioether (sulfide) groups is 1. The number of amides is 1. The van der Waals surface area contributed by atoms with Crippen LogP contribution in [0.5, 0.6) is 0 Å². The van der Waals surface area contributed by atoms with Crippen LogP contribution < -0.4 is 9.62 Å². The molecule has 3 aromatic rings. The highest BCUT2D eigenvalue weighted by atomic mass is 35.5. The van der Waals surface area contributed by atoms with E-state index in [4.69, 9.17) is 23.2 Å². The van der Waals surface area contributed by atoms with Gasteiger partial charge in [-0.05, 0) is 91.6 Å². The number of halogens is 4. The Morgan fingerprint density at radius 3 is 2.36 bits per heavy atom. The molecule has 2 fully saturated rings. The van der Waals surface area contributed by atoms with Crippen molar-refractivity contribution in [3.63, 3.8) is 0 Å². The zero-order valence-electron chi connectivity index (χ0n) is 20.6. The van der Waals surface area contributed by atoms with Gasteiger partial charge in [-0.1, -0.05) is 29.3 Å². The summed E-state index contributed by atoms with van der Waals surface area (Å²) in [4.78, 5) is 13.3. The Balaban J connectivity index is 1.50. The molecule has 1 atom stereocenters. The number of rotatable bonds is 5. The van der Waals surface area contributed by atoms with Crippen LogP contribution in [0.3, 0.4) is 0 Å². The van der Waals surface area contributed by atoms with Crippen LogP contribution in [-0.4, -0.2) is 31.9 Å². The van der Waals surface area contributed by atoms with Gasteiger partial charge in [0.1, 0.15) is 5.82 Å². The molecule has 1 saturated carbocycles. The molecule has 1 saturated heterocycles. The molecule has 1 aliphatic carbocycles. The minimum Gasteiger partial charge on any atom is -0.319 e. The van der Waals surface area contributed by atoms with Crippen molar-refractivity contribution in [1.82, 2.24) is 0 Å². The number of nitrogens with zero attached hydrogens (tertiary/aromatic N) is 1. The summed E-state index contributed by atoms with van der Waals surface area (Å²) in [6, 6.07) is 11.9. The van der Waals surface area contributed by atoms with E-state index in [1.807, 2.05) is 0 Å². The lowest BCUT2D eigenvalue weighted by molar-refractivity contribution is 0.102. The van der Waals surface area contributed by atoms with Crippen LogP contribution in [-0.2, 0) is 15.4 Å². The Kier molecular flexibility index (Phi) is 6.85. The molecule has 39 heavy (non-hydrogen) atoms. The molecule has 6 rings (SSSR count). The fraction of sp³-hybridized carbons (Fsp3) is 0.321. The predicted molar refractivity (Wildman–Crippen MR) is 152 cm³/mol. The minimum absolute atomic E-state index is 0.00268. The minimum atomic E-state index is -4.07. The van der Waals surface area contributed by atoms with Crippen molar-refractivity contribution < 1.29 is 22.0 Å². The van der Waals surface area contributed by atoms with Crippen LogP contribution in [0, 0.1) is 17.6 Å². The number of sulfonamides is 1. The van der Waals surface area contributed by atoms with Crippen molar-refractivity contribution in [2.45, 2.75) is 42.0 Å². The average molecular weight is 610 g/mol. The number of hydrogen-bond acceptors (Lipinski definition) is 4. The lowest BCUT2D eigenvalue weighted by atomic mass is 9.70. The second-order valence-electron chi connectivity index (χ2n) is 10.2. The van der Waals surface area contributed by atoms with E-state index in [1.54, 1.807) is 17.8 Å². The van der Waals surface area contributed by atoms with Crippen LogP contribution in [0.4, 0.5) is 20.2 Å². The van der Waals surface area contributed by atoms with E-state index in [-0.39, 0.29) is 38.2 Å². The van der Waals surface area contributed by atoms with Crippen molar-refractivity contribution >= 4 is 62.3 Å². The quantitative estimate of drug-likeness (QED) is 0.330. The Bertz CT molecular complexity index is 1570. The van der Waals surface area contributed by atoms with E-state index >= 15 is 0 Å². The Morgan fingerprint density at radius 2 is 1.69 bits per heavy atom. The van der Waals surface area contributed by atoms with Crippen LogP contribution in [0.2, 0.25) is 10.0 Å². The maximum atomic E-state index is 14.5. The van der Waals surface area contributed by atoms with Gasteiger partial charge < -0.3 is 5.32 Å². The lowest BCUT2D eigenvalue weighted by Crippen LogP contribution is -2.50. The highest BCUT2D eigenvalue weighted by Gasteiger charge is 2.60. The van der Waals surface area contributed by atoms with E-state index < -0.39 is 33.0 Å². The fourth-order valence-corrected chi connectivity index (χ4v) is 9.67. The number of anilines is 2. The third kappa shape index (κ3) is 4.42. The van der Waals surface area contributed by atoms with Crippen molar-refractivity contribution in [2.75, 3.05) is 21.1 Å². The molecule has 2 aliphatic heterocycles. The van der Waals surface area contributed by atoms with Crippen molar-refractivity contribution in [3.8, 4) is 0 Å². The molecule has 204 valence electrons. The monoisotopic (exact) mass is 608 g/mol. The van der Waals surface area contributed by atoms with Gasteiger partial charge in [0.2, 0.25) is 0 Å². The molecule has 5 nitrogen and oxygen atoms in total. The molecular formula is C28H24Cl2F2N2O3S2. The topological polar surface area (TPSA) is 66.5 Å². The SMILES string of the molecule is O=C(Nc1cccc(Cl)c1F)c1ccc2c(c1Cl)C1(CCSCC1)C(C1CC1)N2S(=O)(=O)c1ccc(F)cc1. The number of benzene rings is 3. The third-order valence-electron chi connectivity index (χ3n) is 7.94. The summed E-state index contributed by atoms with van der Waals surface area (Å²) in [5, 5.41) is 2.60. The maximum absolute atomic E-state index is 14.5. The molecule has 1 N–H and O–H groups in total. The van der Waals surface area contributed by atoms with E-state index in [1.165, 1.54) is 40.7 Å². The van der Waals surface area contributed by atoms with Gasteiger partial charge >= 0.3 is 0 Å². The Morgan fingerprint density at radius 1 is 1.00 bits per heavy atom. The zero-order chi connectivity index (χ0) is 27.5. The predicted octanol–water partition coefficient (Wildman–Crippen LogP) is 7.28. The van der Waals surface area contributed by atoms with E-state index in [9.17, 15) is 22.0 Å². The van der Waals surface area contributed by atoms with Crippen molar-refractivity contribution in [3.05, 3.63) is 87.4 Å². The van der Waals surface area contributed by atoms with Gasteiger partial charge in [-0.3, -0.25) is 9.10 Å². The first-order chi connectivity index (χ1) is 18.6. The molecule has 3 aliphatic rings. The number of carbonyl (C=O) groups excluding carboxylic acids is 1. The van der Waals surface area contributed by atoms with Gasteiger partial charge in [-0.15, -0.1) is 0 Å². The number of nitrogens with one attached hydrogen (secondary N) is 1. The first-order valence-corrected chi connectivity index (χ1v) is 16.0. The van der Waals surface area contributed by atoms with Gasteiger partial charge in [-0.25, -0.2) is 17.2 Å². The second-order valence-corrected chi connectivity index (χ2v) is 14.0. The molecule has 0 aromatic heterocycles. The summed E-state index contributed by atoms with van der Waals surface area (Å²) in [7, 11) is -4.07. The third-order valence-corrected chi connectivity index (χ3v) is 11.4.